The van der Waals surface area contributed by atoms with Gasteiger partial charge in [0, 0.05) is 8.95 Å². The lowest BCUT2D eigenvalue weighted by atomic mass is 10.1. The summed E-state index contributed by atoms with van der Waals surface area (Å²) in [5.41, 5.74) is 1.92. The number of nitrogens with one attached hydrogen (secondary N) is 1. The topological polar surface area (TPSA) is 96.3 Å². The Morgan fingerprint density at radius 2 is 1.62 bits per heavy atom. The number of hydrogen-bond acceptors (Lipinski definition) is 5. The number of benzene rings is 3. The fraction of sp³-hybridized carbons (Fsp3) is 0.0435. The van der Waals surface area contributed by atoms with Gasteiger partial charge in [-0.3, -0.25) is 4.79 Å². The third-order valence-electron chi connectivity index (χ3n) is 4.22. The maximum Gasteiger partial charge on any atom is 0.339 e. The molecule has 0 aliphatic heterocycles. The van der Waals surface area contributed by atoms with Crippen LogP contribution in [-0.2, 0) is 14.9 Å². The number of nitrogens with zero attached hydrogens (tertiary/aromatic N) is 1. The van der Waals surface area contributed by atoms with Crippen LogP contribution >= 0.6 is 31.9 Å². The summed E-state index contributed by atoms with van der Waals surface area (Å²) in [5.74, 6) is -0.466. The Morgan fingerprint density at radius 1 is 1.03 bits per heavy atom. The molecular formula is C23H16Br2N2O4S. The molecule has 0 saturated heterocycles. The number of anilines is 1. The summed E-state index contributed by atoms with van der Waals surface area (Å²) >= 11 is 6.81. The van der Waals surface area contributed by atoms with Crippen LogP contribution in [0.5, 0.6) is 5.75 Å². The van der Waals surface area contributed by atoms with Gasteiger partial charge in [-0.25, -0.2) is 0 Å². The van der Waals surface area contributed by atoms with E-state index in [9.17, 15) is 18.5 Å². The van der Waals surface area contributed by atoms with Gasteiger partial charge in [-0.05, 0) is 92.4 Å². The number of rotatable bonds is 6. The zero-order chi connectivity index (χ0) is 23.3. The van der Waals surface area contributed by atoms with Gasteiger partial charge in [0.25, 0.3) is 5.91 Å². The fourth-order valence-electron chi connectivity index (χ4n) is 2.70. The van der Waals surface area contributed by atoms with Gasteiger partial charge in [0.1, 0.15) is 22.3 Å². The first-order valence-electron chi connectivity index (χ1n) is 9.18. The summed E-state index contributed by atoms with van der Waals surface area (Å²) in [5, 5.41) is 12.2. The minimum absolute atomic E-state index is 0.0424. The minimum atomic E-state index is -3.95. The van der Waals surface area contributed by atoms with Crippen molar-refractivity contribution in [1.82, 2.24) is 0 Å². The van der Waals surface area contributed by atoms with Crippen LogP contribution in [0.15, 0.2) is 86.1 Å². The Morgan fingerprint density at radius 3 is 2.19 bits per heavy atom. The molecule has 6 nitrogen and oxygen atoms in total. The van der Waals surface area contributed by atoms with E-state index >= 15 is 0 Å². The van der Waals surface area contributed by atoms with Crippen LogP contribution in [0.4, 0.5) is 5.69 Å². The number of carbonyl (C=O) groups is 1. The Bertz CT molecular complexity index is 1310. The first kappa shape index (κ1) is 23.7. The van der Waals surface area contributed by atoms with Crippen molar-refractivity contribution < 1.29 is 17.4 Å². The molecule has 0 aliphatic carbocycles. The highest BCUT2D eigenvalue weighted by molar-refractivity contribution is 9.11. The van der Waals surface area contributed by atoms with Crippen LogP contribution in [-0.4, -0.2) is 14.3 Å². The molecule has 32 heavy (non-hydrogen) atoms. The third-order valence-corrected chi connectivity index (χ3v) is 6.73. The summed E-state index contributed by atoms with van der Waals surface area (Å²) in [6.45, 7) is 1.92. The van der Waals surface area contributed by atoms with Gasteiger partial charge in [0.2, 0.25) is 0 Å². The molecule has 0 aliphatic rings. The van der Waals surface area contributed by atoms with E-state index in [2.05, 4.69) is 37.2 Å². The van der Waals surface area contributed by atoms with Gasteiger partial charge in [0.15, 0.2) is 0 Å². The molecule has 3 rings (SSSR count). The molecule has 3 aromatic rings. The summed E-state index contributed by atoms with van der Waals surface area (Å²) in [6.07, 6.45) is 1.40. The van der Waals surface area contributed by atoms with Gasteiger partial charge < -0.3 is 9.50 Å². The minimum Gasteiger partial charge on any atom is -0.379 e. The molecule has 0 spiro atoms. The van der Waals surface area contributed by atoms with Gasteiger partial charge in [-0.2, -0.15) is 13.7 Å². The van der Waals surface area contributed by atoms with E-state index in [0.717, 1.165) is 5.56 Å². The van der Waals surface area contributed by atoms with Crippen molar-refractivity contribution in [2.75, 3.05) is 5.32 Å². The molecule has 9 heteroatoms. The van der Waals surface area contributed by atoms with E-state index in [4.69, 9.17) is 4.18 Å². The monoisotopic (exact) mass is 574 g/mol. The van der Waals surface area contributed by atoms with Gasteiger partial charge in [-0.15, -0.1) is 0 Å². The van der Waals surface area contributed by atoms with E-state index in [1.807, 2.05) is 25.1 Å². The van der Waals surface area contributed by atoms with Gasteiger partial charge in [-0.1, -0.05) is 30.3 Å². The van der Waals surface area contributed by atoms with E-state index in [-0.39, 0.29) is 16.2 Å². The average molecular weight is 576 g/mol. The quantitative estimate of drug-likeness (QED) is 0.226. The molecule has 0 aromatic heterocycles. The Balaban J connectivity index is 1.77. The van der Waals surface area contributed by atoms with Crippen LogP contribution in [0.1, 0.15) is 11.1 Å². The largest absolute Gasteiger partial charge is 0.379 e. The Kier molecular flexibility index (Phi) is 7.51. The molecular weight excluding hydrogens is 560 g/mol. The van der Waals surface area contributed by atoms with E-state index in [0.29, 0.717) is 20.2 Å². The van der Waals surface area contributed by atoms with Crippen molar-refractivity contribution in [3.8, 4) is 11.8 Å². The van der Waals surface area contributed by atoms with Gasteiger partial charge >= 0.3 is 10.1 Å². The molecule has 0 radical (unpaired) electrons. The molecule has 0 fully saturated rings. The maximum atomic E-state index is 12.6. The number of amides is 1. The predicted octanol–water partition coefficient (Wildman–Crippen LogP) is 5.83. The summed E-state index contributed by atoms with van der Waals surface area (Å²) in [7, 11) is -3.95. The lowest BCUT2D eigenvalue weighted by molar-refractivity contribution is -0.112. The number of nitriles is 1. The molecule has 0 atom stereocenters. The molecule has 162 valence electrons. The molecule has 0 saturated carbocycles. The second-order valence-electron chi connectivity index (χ2n) is 6.65. The second kappa shape index (κ2) is 10.1. The Labute approximate surface area is 202 Å². The maximum absolute atomic E-state index is 12.6. The molecule has 1 amide bonds. The second-order valence-corrected chi connectivity index (χ2v) is 9.90. The number of halogens is 2. The van der Waals surface area contributed by atoms with Gasteiger partial charge in [0.05, 0.1) is 5.69 Å². The van der Waals surface area contributed by atoms with E-state index in [1.165, 1.54) is 30.3 Å². The third kappa shape index (κ3) is 5.85. The highest BCUT2D eigenvalue weighted by Gasteiger charge is 2.17. The van der Waals surface area contributed by atoms with E-state index < -0.39 is 16.0 Å². The number of aryl methyl sites for hydroxylation is 1. The van der Waals surface area contributed by atoms with Crippen LogP contribution in [0, 0.1) is 18.3 Å². The zero-order valence-electron chi connectivity index (χ0n) is 16.7. The lowest BCUT2D eigenvalue weighted by Crippen LogP contribution is -2.14. The van der Waals surface area contributed by atoms with E-state index in [1.54, 1.807) is 30.3 Å². The standard InChI is InChI=1S/C23H16Br2N2O4S/c1-15-11-20(24)22(21(25)12-15)27-23(28)17(14-26)13-16-7-9-18(10-8-16)31-32(29,30)19-5-3-2-4-6-19/h2-13H,1H3,(H,27,28)/b17-13+. The molecule has 1 N–H and O–H groups in total. The fourth-order valence-corrected chi connectivity index (χ4v) is 5.26. The van der Waals surface area contributed by atoms with Crippen molar-refractivity contribution in [2.24, 2.45) is 0 Å². The number of hydrogen-bond donors (Lipinski definition) is 1. The number of carbonyl (C=O) groups excluding carboxylic acids is 1. The average Bonchev–Trinajstić information content (AvgIpc) is 2.76. The van der Waals surface area contributed by atoms with Crippen molar-refractivity contribution in [3.05, 3.63) is 92.4 Å². The molecule has 0 unspecified atom stereocenters. The summed E-state index contributed by atoms with van der Waals surface area (Å²) in [6, 6.07) is 19.4. The van der Waals surface area contributed by atoms with Crippen molar-refractivity contribution >= 4 is 59.6 Å². The highest BCUT2D eigenvalue weighted by atomic mass is 79.9. The van der Waals surface area contributed by atoms with Crippen LogP contribution in [0.3, 0.4) is 0 Å². The molecule has 0 heterocycles. The Hall–Kier alpha value is -2.93. The summed E-state index contributed by atoms with van der Waals surface area (Å²) in [4.78, 5) is 12.6. The first-order chi connectivity index (χ1) is 15.2. The highest BCUT2D eigenvalue weighted by Crippen LogP contribution is 2.32. The van der Waals surface area contributed by atoms with Crippen LogP contribution in [0.25, 0.3) is 6.08 Å². The van der Waals surface area contributed by atoms with Crippen molar-refractivity contribution in [3.63, 3.8) is 0 Å². The predicted molar refractivity (Wildman–Crippen MR) is 129 cm³/mol. The molecule has 3 aromatic carbocycles. The first-order valence-corrected chi connectivity index (χ1v) is 12.2. The zero-order valence-corrected chi connectivity index (χ0v) is 20.7. The summed E-state index contributed by atoms with van der Waals surface area (Å²) < 4.78 is 31.1. The normalized spacial score (nSPS) is 11.5. The SMILES string of the molecule is Cc1cc(Br)c(NC(=O)/C(C#N)=C/c2ccc(OS(=O)(=O)c3ccccc3)cc2)c(Br)c1. The smallest absolute Gasteiger partial charge is 0.339 e. The molecule has 0 bridgehead atoms. The van der Waals surface area contributed by atoms with Crippen LogP contribution < -0.4 is 9.50 Å². The van der Waals surface area contributed by atoms with Crippen molar-refractivity contribution in [2.45, 2.75) is 11.8 Å². The lowest BCUT2D eigenvalue weighted by Gasteiger charge is -2.10. The van der Waals surface area contributed by atoms with Crippen molar-refractivity contribution in [1.29, 1.82) is 5.26 Å². The van der Waals surface area contributed by atoms with Crippen LogP contribution in [0.2, 0.25) is 0 Å².